The first-order valence-corrected chi connectivity index (χ1v) is 11.3. The zero-order valence-electron chi connectivity index (χ0n) is 18.6. The number of carbonyl (C=O) groups excluding carboxylic acids is 2. The number of nitrogens with one attached hydrogen (secondary N) is 1. The molecule has 7 nitrogen and oxygen atoms in total. The van der Waals surface area contributed by atoms with E-state index in [4.69, 9.17) is 10.1 Å². The summed E-state index contributed by atoms with van der Waals surface area (Å²) in [5.41, 5.74) is 2.40. The predicted molar refractivity (Wildman–Crippen MR) is 118 cm³/mol. The van der Waals surface area contributed by atoms with E-state index in [0.717, 1.165) is 36.8 Å². The maximum Gasteiger partial charge on any atom is 0.251 e. The van der Waals surface area contributed by atoms with Crippen molar-refractivity contribution in [3.8, 4) is 6.07 Å². The van der Waals surface area contributed by atoms with Crippen molar-refractivity contribution >= 4 is 11.8 Å². The van der Waals surface area contributed by atoms with Crippen molar-refractivity contribution in [1.82, 2.24) is 15.4 Å². The molecule has 2 fully saturated rings. The third-order valence-electron chi connectivity index (χ3n) is 6.56. The lowest BCUT2D eigenvalue weighted by molar-refractivity contribution is -0.183. The Morgan fingerprint density at radius 1 is 1.18 bits per heavy atom. The van der Waals surface area contributed by atoms with E-state index < -0.39 is 5.82 Å². The molecule has 0 spiro atoms. The monoisotopic (exact) mass is 450 g/mol. The second kappa shape index (κ2) is 10.1. The lowest BCUT2D eigenvalue weighted by Crippen LogP contribution is -2.36. The van der Waals surface area contributed by atoms with Crippen LogP contribution in [0.4, 0.5) is 4.39 Å². The molecule has 172 valence electrons. The molecule has 1 aromatic carbocycles. The average Bonchev–Trinajstić information content (AvgIpc) is 3.33. The van der Waals surface area contributed by atoms with Crippen LogP contribution < -0.4 is 5.32 Å². The lowest BCUT2D eigenvalue weighted by Gasteiger charge is -2.32. The number of hydrogen-bond donors (Lipinski definition) is 1. The molecule has 1 aliphatic carbocycles. The van der Waals surface area contributed by atoms with Gasteiger partial charge in [-0.15, -0.1) is 0 Å². The van der Waals surface area contributed by atoms with Gasteiger partial charge in [0.25, 0.3) is 5.91 Å². The van der Waals surface area contributed by atoms with E-state index in [1.807, 2.05) is 0 Å². The van der Waals surface area contributed by atoms with Crippen LogP contribution in [0.2, 0.25) is 0 Å². The van der Waals surface area contributed by atoms with Crippen LogP contribution in [0, 0.1) is 29.0 Å². The van der Waals surface area contributed by atoms with Crippen LogP contribution in [0.3, 0.4) is 0 Å². The molecule has 8 heteroatoms. The number of benzene rings is 1. The van der Waals surface area contributed by atoms with Crippen LogP contribution in [0.1, 0.15) is 65.2 Å². The highest BCUT2D eigenvalue weighted by molar-refractivity contribution is 5.94. The van der Waals surface area contributed by atoms with Crippen LogP contribution >= 0.6 is 0 Å². The fourth-order valence-electron chi connectivity index (χ4n) is 4.86. The number of hydrogen-bond acceptors (Lipinski definition) is 5. The van der Waals surface area contributed by atoms with E-state index in [1.54, 1.807) is 18.3 Å². The molecule has 33 heavy (non-hydrogen) atoms. The first-order chi connectivity index (χ1) is 16.0. The quantitative estimate of drug-likeness (QED) is 0.749. The number of carbonyl (C=O) groups is 2. The largest absolute Gasteiger partial charge is 0.355 e. The van der Waals surface area contributed by atoms with Gasteiger partial charge in [-0.2, -0.15) is 5.26 Å². The standard InChI is InChI=1S/C25H27FN4O3/c1-28-24(31)20-9-17(11-22(26)12-20)8-16-2-4-19(5-3-16)25(32)30-23(6-7-33-30)21-10-18(13-27)14-29-15-21/h9-12,14-16,19,23H,2-8H2,1H3,(H,28,31)/t16?,19?,23-/m0/s1. The first kappa shape index (κ1) is 22.9. The van der Waals surface area contributed by atoms with Gasteiger partial charge in [-0.3, -0.25) is 19.4 Å². The summed E-state index contributed by atoms with van der Waals surface area (Å²) in [7, 11) is 1.52. The Morgan fingerprint density at radius 3 is 2.70 bits per heavy atom. The maximum absolute atomic E-state index is 14.0. The van der Waals surface area contributed by atoms with Crippen molar-refractivity contribution in [1.29, 1.82) is 5.26 Å². The van der Waals surface area contributed by atoms with E-state index in [-0.39, 0.29) is 23.8 Å². The van der Waals surface area contributed by atoms with Gasteiger partial charge in [0, 0.05) is 37.3 Å². The molecule has 1 saturated heterocycles. The molecule has 2 aliphatic rings. The van der Waals surface area contributed by atoms with Crippen LogP contribution in [0.25, 0.3) is 0 Å². The van der Waals surface area contributed by atoms with Crippen LogP contribution in [0.5, 0.6) is 0 Å². The Hall–Kier alpha value is -3.31. The second-order valence-corrected chi connectivity index (χ2v) is 8.77. The molecular formula is C25H27FN4O3. The number of nitriles is 1. The van der Waals surface area contributed by atoms with Gasteiger partial charge in [0.05, 0.1) is 18.2 Å². The van der Waals surface area contributed by atoms with Crippen LogP contribution in [-0.2, 0) is 16.1 Å². The summed E-state index contributed by atoms with van der Waals surface area (Å²) in [6.45, 7) is 0.454. The molecule has 1 saturated carbocycles. The topological polar surface area (TPSA) is 95.3 Å². The summed E-state index contributed by atoms with van der Waals surface area (Å²) < 4.78 is 14.0. The summed E-state index contributed by atoms with van der Waals surface area (Å²) in [6.07, 6.45) is 7.72. The van der Waals surface area contributed by atoms with Gasteiger partial charge in [0.2, 0.25) is 5.91 Å². The fraction of sp³-hybridized carbons (Fsp3) is 0.440. The molecule has 4 rings (SSSR count). The molecule has 2 amide bonds. The molecule has 1 aliphatic heterocycles. The number of halogens is 1. The van der Waals surface area contributed by atoms with Crippen molar-refractivity contribution in [2.75, 3.05) is 13.7 Å². The highest BCUT2D eigenvalue weighted by Crippen LogP contribution is 2.37. The van der Waals surface area contributed by atoms with Crippen LogP contribution in [-0.4, -0.2) is 35.5 Å². The summed E-state index contributed by atoms with van der Waals surface area (Å²) in [4.78, 5) is 34.9. The molecule has 1 N–H and O–H groups in total. The molecule has 0 unspecified atom stereocenters. The lowest BCUT2D eigenvalue weighted by atomic mass is 9.78. The highest BCUT2D eigenvalue weighted by atomic mass is 19.1. The summed E-state index contributed by atoms with van der Waals surface area (Å²) in [5, 5.41) is 13.1. The van der Waals surface area contributed by atoms with Crippen molar-refractivity contribution in [2.45, 2.75) is 44.6 Å². The zero-order chi connectivity index (χ0) is 23.4. The fourth-order valence-corrected chi connectivity index (χ4v) is 4.86. The van der Waals surface area contributed by atoms with Gasteiger partial charge >= 0.3 is 0 Å². The Labute approximate surface area is 192 Å². The Morgan fingerprint density at radius 2 is 1.97 bits per heavy atom. The van der Waals surface area contributed by atoms with Gasteiger partial charge in [-0.05, 0) is 73.4 Å². The number of rotatable bonds is 5. The second-order valence-electron chi connectivity index (χ2n) is 8.77. The Bertz CT molecular complexity index is 1080. The van der Waals surface area contributed by atoms with Crippen molar-refractivity contribution < 1.29 is 18.8 Å². The van der Waals surface area contributed by atoms with Crippen molar-refractivity contribution in [2.24, 2.45) is 11.8 Å². The summed E-state index contributed by atoms with van der Waals surface area (Å²) in [5.74, 6) is -0.531. The van der Waals surface area contributed by atoms with E-state index in [1.165, 1.54) is 30.4 Å². The minimum Gasteiger partial charge on any atom is -0.355 e. The maximum atomic E-state index is 14.0. The number of aromatic nitrogens is 1. The van der Waals surface area contributed by atoms with Gasteiger partial charge in [-0.1, -0.05) is 0 Å². The molecular weight excluding hydrogens is 423 g/mol. The normalized spacial score (nSPS) is 22.6. The minimum absolute atomic E-state index is 0.0223. The SMILES string of the molecule is CNC(=O)c1cc(F)cc(CC2CCC(C(=O)N3OCC[C@H]3c3cncc(C#N)c3)CC2)c1. The molecule has 2 aromatic rings. The molecule has 1 atom stereocenters. The highest BCUT2D eigenvalue weighted by Gasteiger charge is 2.37. The van der Waals surface area contributed by atoms with Crippen molar-refractivity contribution in [3.05, 3.63) is 64.7 Å². The van der Waals surface area contributed by atoms with Gasteiger partial charge in [-0.25, -0.2) is 9.45 Å². The predicted octanol–water partition coefficient (Wildman–Crippen LogP) is 3.71. The van der Waals surface area contributed by atoms with E-state index in [9.17, 15) is 14.0 Å². The zero-order valence-corrected chi connectivity index (χ0v) is 18.6. The summed E-state index contributed by atoms with van der Waals surface area (Å²) in [6, 6.07) is 8.08. The van der Waals surface area contributed by atoms with Crippen LogP contribution in [0.15, 0.2) is 36.7 Å². The van der Waals surface area contributed by atoms with Gasteiger partial charge < -0.3 is 5.32 Å². The molecule has 0 bridgehead atoms. The number of nitrogens with zero attached hydrogens (tertiary/aromatic N) is 3. The van der Waals surface area contributed by atoms with Crippen molar-refractivity contribution in [3.63, 3.8) is 0 Å². The Kier molecular flexibility index (Phi) is 6.99. The third kappa shape index (κ3) is 5.20. The smallest absolute Gasteiger partial charge is 0.251 e. The first-order valence-electron chi connectivity index (χ1n) is 11.3. The summed E-state index contributed by atoms with van der Waals surface area (Å²) >= 11 is 0. The number of pyridine rings is 1. The van der Waals surface area contributed by atoms with Gasteiger partial charge in [0.15, 0.2) is 0 Å². The Balaban J connectivity index is 1.37. The van der Waals surface area contributed by atoms with Gasteiger partial charge in [0.1, 0.15) is 11.9 Å². The third-order valence-corrected chi connectivity index (χ3v) is 6.56. The molecule has 1 aromatic heterocycles. The van der Waals surface area contributed by atoms with E-state index in [2.05, 4.69) is 16.4 Å². The number of amides is 2. The number of hydroxylamine groups is 2. The van der Waals surface area contributed by atoms with E-state index in [0.29, 0.717) is 36.5 Å². The molecule has 0 radical (unpaired) electrons. The van der Waals surface area contributed by atoms with E-state index >= 15 is 0 Å². The minimum atomic E-state index is -0.415. The average molecular weight is 451 g/mol. The molecule has 2 heterocycles.